The molecule has 88 valence electrons. The number of hydrogen-bond acceptors (Lipinski definition) is 10. The maximum atomic E-state index is 7.50. The lowest BCUT2D eigenvalue weighted by Crippen LogP contribution is -1.60. The van der Waals surface area contributed by atoms with Gasteiger partial charge in [-0.3, -0.25) is 0 Å². The lowest BCUT2D eigenvalue weighted by molar-refractivity contribution is -0.465. The van der Waals surface area contributed by atoms with Gasteiger partial charge >= 0.3 is 0 Å². The van der Waals surface area contributed by atoms with Crippen LogP contribution in [0.1, 0.15) is 22.3 Å². The van der Waals surface area contributed by atoms with Crippen LogP contribution in [0.4, 0.5) is 0 Å². The normalized spacial score (nSPS) is 3.38. The van der Waals surface area contributed by atoms with Crippen LogP contribution in [0.3, 0.4) is 0 Å². The van der Waals surface area contributed by atoms with Crippen LogP contribution in [-0.2, 0) is 10.1 Å². The minimum atomic E-state index is 0. The van der Waals surface area contributed by atoms with Gasteiger partial charge in [-0.05, 0) is 0 Å². The highest BCUT2D eigenvalue weighted by atomic mass is 17.4. The van der Waals surface area contributed by atoms with Crippen molar-refractivity contribution in [1.29, 1.82) is 11.2 Å². The quantitative estimate of drug-likeness (QED) is 0.200. The highest BCUT2D eigenvalue weighted by Gasteiger charge is 1.27. The predicted octanol–water partition coefficient (Wildman–Crippen LogP) is 2.47. The molecule has 0 aliphatic heterocycles. The molecule has 0 atom stereocenters. The summed E-state index contributed by atoms with van der Waals surface area (Å²) in [6.45, 7) is 0. The second-order valence-corrected chi connectivity index (χ2v) is 0.163. The number of nitrogens with one attached hydrogen (secondary N) is 2. The monoisotopic (exact) mass is 210 g/mol. The summed E-state index contributed by atoms with van der Waals surface area (Å²) in [5.41, 5.74) is 9.00. The van der Waals surface area contributed by atoms with E-state index in [1.165, 1.54) is 0 Å². The molecular weight excluding hydrogens is 192 g/mol. The first kappa shape index (κ1) is 58.4. The molecule has 0 fully saturated rings. The average Bonchev–Trinajstić information content (AvgIpc) is 1.99. The second-order valence-electron chi connectivity index (χ2n) is 0.163. The number of nitroso groups, excluding NO2 is 2. The molecule has 10 nitrogen and oxygen atoms in total. The van der Waals surface area contributed by atoms with Gasteiger partial charge in [0.2, 0.25) is 0 Å². The molecule has 0 heterocycles. The lowest BCUT2D eigenvalue weighted by Gasteiger charge is -1.56. The summed E-state index contributed by atoms with van der Waals surface area (Å²) in [5, 5.41) is 31.0. The van der Waals surface area contributed by atoms with Gasteiger partial charge < -0.3 is 0 Å². The average molecular weight is 210 g/mol. The Morgan fingerprint density at radius 1 is 0.615 bits per heavy atom. The Bertz CT molecular complexity index is 29.4. The van der Waals surface area contributed by atoms with Crippen LogP contribution in [-0.4, -0.2) is 21.0 Å². The molecule has 0 radical (unpaired) electrons. The van der Waals surface area contributed by atoms with E-state index in [1.54, 1.807) is 0 Å². The molecule has 10 heteroatoms. The summed E-state index contributed by atoms with van der Waals surface area (Å²) in [7, 11) is 0. The zero-order chi connectivity index (χ0) is 9.41. The summed E-state index contributed by atoms with van der Waals surface area (Å²) < 4.78 is 0. The minimum Gasteiger partial charge on any atom is -0.221 e. The van der Waals surface area contributed by atoms with Gasteiger partial charge in [-0.2, -0.15) is 9.81 Å². The largest absolute Gasteiger partial charge is 0.221 e. The highest BCUT2D eigenvalue weighted by Crippen LogP contribution is 1.24. The van der Waals surface area contributed by atoms with Crippen molar-refractivity contribution in [3.63, 3.8) is 0 Å². The molecule has 0 saturated carbocycles. The van der Waals surface area contributed by atoms with Crippen LogP contribution in [0.25, 0.3) is 0 Å². The Labute approximate surface area is 75.6 Å². The van der Waals surface area contributed by atoms with Gasteiger partial charge in [-0.15, -0.1) is 0 Å². The van der Waals surface area contributed by atoms with Gasteiger partial charge in [0.05, 0.1) is 0 Å². The van der Waals surface area contributed by atoms with Crippen LogP contribution in [0, 0.1) is 21.0 Å². The number of hydrogen-bond donors (Lipinski definition) is 6. The molecule has 0 aliphatic carbocycles. The van der Waals surface area contributed by atoms with Crippen molar-refractivity contribution >= 4 is 0 Å². The summed E-state index contributed by atoms with van der Waals surface area (Å²) in [4.78, 5) is 15.0. The maximum Gasteiger partial charge on any atom is -0.0737 e. The molecule has 0 saturated heterocycles. The lowest BCUT2D eigenvalue weighted by atomic mass is 12.0. The molecule has 0 bridgehead atoms. The van der Waals surface area contributed by atoms with Gasteiger partial charge in [0.1, 0.15) is 0 Å². The fraction of sp³-hybridized carbons (Fsp3) is 1.00. The van der Waals surface area contributed by atoms with E-state index in [1.807, 2.05) is 0 Å². The van der Waals surface area contributed by atoms with Crippen molar-refractivity contribution in [3.05, 3.63) is 9.81 Å². The molecule has 0 aromatic rings. The summed E-state index contributed by atoms with van der Waals surface area (Å²) in [6.07, 6.45) is 0. The Morgan fingerprint density at radius 2 is 0.615 bits per heavy atom. The molecule has 0 rings (SSSR count). The molecule has 0 spiro atoms. The van der Waals surface area contributed by atoms with E-state index < -0.39 is 0 Å². The Balaban J connectivity index is -0.00000000698. The van der Waals surface area contributed by atoms with E-state index in [0.717, 1.165) is 0 Å². The maximum absolute atomic E-state index is 7.50. The molecule has 13 heavy (non-hydrogen) atoms. The Kier molecular flexibility index (Phi) is 5300. The Morgan fingerprint density at radius 3 is 0.615 bits per heavy atom. The molecule has 6 N–H and O–H groups in total. The standard InChI is InChI=1S/3CH4.2HNO.2H2O3/c;;;2*1-2;2*1-3-2/h3*1H4;2*1H;2*1-2H. The van der Waals surface area contributed by atoms with Gasteiger partial charge in [0.15, 0.2) is 0 Å². The van der Waals surface area contributed by atoms with Crippen molar-refractivity contribution < 1.29 is 31.1 Å². The second kappa shape index (κ2) is 1180. The third kappa shape index (κ3) is 814. The topological polar surface area (TPSA) is 181 Å². The molecule has 0 unspecified atom stereocenters. The number of rotatable bonds is 0. The van der Waals surface area contributed by atoms with Gasteiger partial charge in [0.25, 0.3) is 0 Å². The van der Waals surface area contributed by atoms with Crippen LogP contribution >= 0.6 is 0 Å². The molecule has 0 aromatic carbocycles. The van der Waals surface area contributed by atoms with E-state index in [9.17, 15) is 0 Å². The van der Waals surface area contributed by atoms with Crippen LogP contribution in [0.2, 0.25) is 0 Å². The van der Waals surface area contributed by atoms with Crippen molar-refractivity contribution in [3.8, 4) is 0 Å². The van der Waals surface area contributed by atoms with Crippen LogP contribution < -0.4 is 0 Å². The smallest absolute Gasteiger partial charge is 0.0737 e. The minimum absolute atomic E-state index is 0. The van der Waals surface area contributed by atoms with Crippen molar-refractivity contribution in [2.75, 3.05) is 0 Å². The van der Waals surface area contributed by atoms with Crippen molar-refractivity contribution in [2.45, 2.75) is 22.3 Å². The third-order valence-corrected chi connectivity index (χ3v) is 0. The molecule has 0 aromatic heterocycles. The first-order chi connectivity index (χ1) is 4.83. The Hall–Kier alpha value is -1.04. The van der Waals surface area contributed by atoms with Gasteiger partial charge in [-0.25, -0.2) is 21.0 Å². The zero-order valence-corrected chi connectivity index (χ0v) is 4.42. The summed E-state index contributed by atoms with van der Waals surface area (Å²) >= 11 is 0. The van der Waals surface area contributed by atoms with Crippen molar-refractivity contribution in [2.24, 2.45) is 0 Å². The predicted molar refractivity (Wildman–Crippen MR) is 45.1 cm³/mol. The van der Waals surface area contributed by atoms with E-state index in [0.29, 0.717) is 0 Å². The third-order valence-electron chi connectivity index (χ3n) is 0. The first-order valence-corrected chi connectivity index (χ1v) is 1.14. The van der Waals surface area contributed by atoms with Gasteiger partial charge in [-0.1, -0.05) is 43.5 Å². The molecule has 0 aliphatic rings. The highest BCUT2D eigenvalue weighted by molar-refractivity contribution is 3.64. The summed E-state index contributed by atoms with van der Waals surface area (Å²) in [6, 6.07) is 0. The zero-order valence-electron chi connectivity index (χ0n) is 4.42. The summed E-state index contributed by atoms with van der Waals surface area (Å²) in [5.74, 6) is 0. The van der Waals surface area contributed by atoms with Crippen molar-refractivity contribution in [1.82, 2.24) is 0 Å². The molecular formula is C3H18N2O8. The first-order valence-electron chi connectivity index (χ1n) is 1.14. The van der Waals surface area contributed by atoms with E-state index in [2.05, 4.69) is 21.3 Å². The SMILES string of the molecule is C.C.C.N=O.N=O.OOO.OOO. The van der Waals surface area contributed by atoms with Crippen LogP contribution in [0.5, 0.6) is 0 Å². The fourth-order valence-electron chi connectivity index (χ4n) is 0. The fourth-order valence-corrected chi connectivity index (χ4v) is 0. The van der Waals surface area contributed by atoms with Gasteiger partial charge in [0, 0.05) is 0 Å². The van der Waals surface area contributed by atoms with E-state index in [4.69, 9.17) is 30.8 Å². The van der Waals surface area contributed by atoms with E-state index in [-0.39, 0.29) is 22.3 Å². The van der Waals surface area contributed by atoms with E-state index >= 15 is 0 Å². The van der Waals surface area contributed by atoms with Crippen LogP contribution in [0.15, 0.2) is 0 Å². The molecule has 0 amide bonds.